The molecule has 6 unspecified atom stereocenters. The number of nitrogens with one attached hydrogen (secondary N) is 1. The molecule has 160 valence electrons. The van der Waals surface area contributed by atoms with E-state index in [-0.39, 0.29) is 16.9 Å². The molecule has 29 heavy (non-hydrogen) atoms. The molecule has 2 bridgehead atoms. The Morgan fingerprint density at radius 3 is 2.72 bits per heavy atom. The van der Waals surface area contributed by atoms with E-state index in [1.54, 1.807) is 5.57 Å². The van der Waals surface area contributed by atoms with Crippen LogP contribution in [0.5, 0.6) is 0 Å². The zero-order chi connectivity index (χ0) is 19.3. The largest absolute Gasteiger partial charge is 0.365 e. The third kappa shape index (κ3) is 2.46. The number of fused-ring (bicyclic) bond motifs is 9. The zero-order valence-electron chi connectivity index (χ0n) is 17.7. The fraction of sp³-hybridized carbons (Fsp3) is 0.917. The molecule has 4 aliphatic carbocycles. The second-order valence-corrected chi connectivity index (χ2v) is 11.1. The molecule has 3 saturated heterocycles. The molecular weight excluding hydrogens is 366 g/mol. The van der Waals surface area contributed by atoms with Crippen molar-refractivity contribution in [2.75, 3.05) is 26.4 Å². The molecule has 3 heterocycles. The van der Waals surface area contributed by atoms with Gasteiger partial charge in [0.1, 0.15) is 11.8 Å². The molecular formula is C24H35NO4. The van der Waals surface area contributed by atoms with Crippen LogP contribution in [0.1, 0.15) is 58.3 Å². The van der Waals surface area contributed by atoms with Gasteiger partial charge in [0.2, 0.25) is 0 Å². The van der Waals surface area contributed by atoms with Crippen LogP contribution < -0.4 is 5.32 Å². The van der Waals surface area contributed by atoms with Crippen LogP contribution in [0.3, 0.4) is 0 Å². The van der Waals surface area contributed by atoms with Crippen molar-refractivity contribution in [1.82, 2.24) is 5.32 Å². The number of hydrogen-bond acceptors (Lipinski definition) is 5. The normalized spacial score (nSPS) is 56.7. The number of rotatable bonds is 0. The predicted octanol–water partition coefficient (Wildman–Crippen LogP) is 3.39. The molecule has 5 nitrogen and oxygen atoms in total. The van der Waals surface area contributed by atoms with E-state index in [0.717, 1.165) is 57.5 Å². The van der Waals surface area contributed by atoms with Gasteiger partial charge in [-0.05, 0) is 62.2 Å². The summed E-state index contributed by atoms with van der Waals surface area (Å²) in [5, 5.41) is 3.70. The molecule has 0 radical (unpaired) electrons. The fourth-order valence-electron chi connectivity index (χ4n) is 8.67. The highest BCUT2D eigenvalue weighted by Crippen LogP contribution is 2.67. The molecule has 7 rings (SSSR count). The maximum Gasteiger partial charge on any atom is 0.174 e. The Hall–Kier alpha value is -0.460. The van der Waals surface area contributed by atoms with Crippen LogP contribution in [0.2, 0.25) is 0 Å². The van der Waals surface area contributed by atoms with Gasteiger partial charge in [-0.15, -0.1) is 0 Å². The maximum atomic E-state index is 6.39. The van der Waals surface area contributed by atoms with Gasteiger partial charge in [-0.25, -0.2) is 0 Å². The molecule has 2 spiro atoms. The summed E-state index contributed by atoms with van der Waals surface area (Å²) >= 11 is 0. The lowest BCUT2D eigenvalue weighted by molar-refractivity contribution is -0.241. The van der Waals surface area contributed by atoms with Crippen LogP contribution in [-0.4, -0.2) is 50.1 Å². The summed E-state index contributed by atoms with van der Waals surface area (Å²) in [7, 11) is 0. The van der Waals surface area contributed by atoms with Gasteiger partial charge in [-0.1, -0.05) is 18.6 Å². The number of hydrogen-bond donors (Lipinski definition) is 1. The number of epoxide rings is 1. The first-order valence-electron chi connectivity index (χ1n) is 12.1. The van der Waals surface area contributed by atoms with E-state index in [4.69, 9.17) is 18.9 Å². The van der Waals surface area contributed by atoms with Crippen LogP contribution >= 0.6 is 0 Å². The van der Waals surface area contributed by atoms with Gasteiger partial charge in [0, 0.05) is 24.8 Å². The van der Waals surface area contributed by atoms with Gasteiger partial charge >= 0.3 is 0 Å². The van der Waals surface area contributed by atoms with Crippen molar-refractivity contribution in [3.8, 4) is 0 Å². The van der Waals surface area contributed by atoms with Crippen LogP contribution in [-0.2, 0) is 18.9 Å². The molecule has 7 aliphatic rings. The van der Waals surface area contributed by atoms with Crippen molar-refractivity contribution in [2.45, 2.75) is 82.0 Å². The van der Waals surface area contributed by atoms with E-state index in [0.29, 0.717) is 24.0 Å². The van der Waals surface area contributed by atoms with Crippen molar-refractivity contribution in [3.05, 3.63) is 11.6 Å². The third-order valence-corrected chi connectivity index (χ3v) is 10.0. The smallest absolute Gasteiger partial charge is 0.174 e. The zero-order valence-corrected chi connectivity index (χ0v) is 17.7. The lowest BCUT2D eigenvalue weighted by atomic mass is 9.54. The second kappa shape index (κ2) is 6.07. The molecule has 5 heteroatoms. The van der Waals surface area contributed by atoms with E-state index in [1.807, 2.05) is 0 Å². The summed E-state index contributed by atoms with van der Waals surface area (Å²) < 4.78 is 25.3. The first-order chi connectivity index (χ1) is 14.1. The molecule has 0 aromatic heterocycles. The van der Waals surface area contributed by atoms with Gasteiger partial charge in [0.25, 0.3) is 0 Å². The Morgan fingerprint density at radius 1 is 1.00 bits per heavy atom. The minimum atomic E-state index is -0.314. The molecule has 1 N–H and O–H groups in total. The highest BCUT2D eigenvalue weighted by molar-refractivity contribution is 5.23. The fourth-order valence-corrected chi connectivity index (χ4v) is 8.67. The summed E-state index contributed by atoms with van der Waals surface area (Å²) in [6.07, 6.45) is 12.8. The average molecular weight is 402 g/mol. The Balaban J connectivity index is 1.23. The molecule has 3 aliphatic heterocycles. The van der Waals surface area contributed by atoms with Crippen LogP contribution in [0.15, 0.2) is 11.6 Å². The SMILES string of the molecule is C[C@]12CCC3C(C4OC4/C=C4\C[C@H]3CCC3(C4)NCCO3)C1CCC21OCCO1. The third-order valence-electron chi connectivity index (χ3n) is 10.0. The molecule has 6 fully saturated rings. The molecule has 0 aromatic rings. The standard InChI is InChI=1S/C24H35NO4/c1-22-5-3-17-16-2-6-23(25-8-9-26-23)14-15(12-16)13-19-21(29-19)20(17)18(22)4-7-24(22)27-10-11-28-24/h13,16-21,25H,2-12,14H2,1H3/b15-13+/t16-,17?,18?,19?,20?,21?,22+,23?/m1/s1. The maximum absolute atomic E-state index is 6.39. The van der Waals surface area contributed by atoms with Crippen molar-refractivity contribution in [1.29, 1.82) is 0 Å². The quantitative estimate of drug-likeness (QED) is 0.498. The predicted molar refractivity (Wildman–Crippen MR) is 107 cm³/mol. The van der Waals surface area contributed by atoms with E-state index in [9.17, 15) is 0 Å². The van der Waals surface area contributed by atoms with Crippen molar-refractivity contribution in [3.63, 3.8) is 0 Å². The lowest BCUT2D eigenvalue weighted by Crippen LogP contribution is -2.53. The first kappa shape index (κ1) is 18.1. The van der Waals surface area contributed by atoms with E-state index in [2.05, 4.69) is 18.3 Å². The van der Waals surface area contributed by atoms with E-state index < -0.39 is 0 Å². The summed E-state index contributed by atoms with van der Waals surface area (Å²) in [4.78, 5) is 0. The molecule has 3 saturated carbocycles. The Kier molecular flexibility index (Phi) is 3.80. The van der Waals surface area contributed by atoms with Gasteiger partial charge in [0.05, 0.1) is 25.9 Å². The highest BCUT2D eigenvalue weighted by atomic mass is 16.7. The molecule has 8 atom stereocenters. The van der Waals surface area contributed by atoms with E-state index in [1.165, 1.54) is 32.1 Å². The summed E-state index contributed by atoms with van der Waals surface area (Å²) in [6.45, 7) is 5.86. The molecule has 0 amide bonds. The summed E-state index contributed by atoms with van der Waals surface area (Å²) in [6, 6.07) is 0. The Morgan fingerprint density at radius 2 is 1.90 bits per heavy atom. The van der Waals surface area contributed by atoms with E-state index >= 15 is 0 Å². The van der Waals surface area contributed by atoms with Crippen LogP contribution in [0.4, 0.5) is 0 Å². The van der Waals surface area contributed by atoms with Crippen molar-refractivity contribution < 1.29 is 18.9 Å². The van der Waals surface area contributed by atoms with Crippen molar-refractivity contribution in [2.24, 2.45) is 29.1 Å². The van der Waals surface area contributed by atoms with Crippen molar-refractivity contribution >= 4 is 0 Å². The van der Waals surface area contributed by atoms with Crippen LogP contribution in [0, 0.1) is 29.1 Å². The Bertz CT molecular complexity index is 724. The minimum Gasteiger partial charge on any atom is -0.365 e. The van der Waals surface area contributed by atoms with Gasteiger partial charge in [-0.2, -0.15) is 0 Å². The second-order valence-electron chi connectivity index (χ2n) is 11.1. The molecule has 0 aromatic carbocycles. The average Bonchev–Trinajstić information content (AvgIpc) is 3.04. The van der Waals surface area contributed by atoms with Gasteiger partial charge in [-0.3, -0.25) is 5.32 Å². The first-order valence-corrected chi connectivity index (χ1v) is 12.1. The van der Waals surface area contributed by atoms with Gasteiger partial charge in [0.15, 0.2) is 5.79 Å². The van der Waals surface area contributed by atoms with Gasteiger partial charge < -0.3 is 18.9 Å². The number of ether oxygens (including phenoxy) is 4. The highest BCUT2D eigenvalue weighted by Gasteiger charge is 2.68. The topological polar surface area (TPSA) is 52.2 Å². The summed E-state index contributed by atoms with van der Waals surface area (Å²) in [5.74, 6) is 2.57. The minimum absolute atomic E-state index is 0.100. The summed E-state index contributed by atoms with van der Waals surface area (Å²) in [5.41, 5.74) is 1.64. The van der Waals surface area contributed by atoms with Crippen LogP contribution in [0.25, 0.3) is 0 Å². The Labute approximate surface area is 173 Å². The lowest BCUT2D eigenvalue weighted by Gasteiger charge is -2.52. The monoisotopic (exact) mass is 401 g/mol.